The fourth-order valence-electron chi connectivity index (χ4n) is 1.39. The van der Waals surface area contributed by atoms with E-state index in [1.54, 1.807) is 20.9 Å². The third-order valence-electron chi connectivity index (χ3n) is 2.26. The molecule has 0 aliphatic carbocycles. The first-order chi connectivity index (χ1) is 5.93. The zero-order valence-electron chi connectivity index (χ0n) is 9.05. The van der Waals surface area contributed by atoms with Gasteiger partial charge in [0.25, 0.3) is 0 Å². The van der Waals surface area contributed by atoms with Crippen molar-refractivity contribution in [2.75, 3.05) is 7.05 Å². The van der Waals surface area contributed by atoms with Crippen LogP contribution in [0, 0.1) is 5.92 Å². The average Bonchev–Trinajstić information content (AvgIpc) is 2.02. The van der Waals surface area contributed by atoms with Gasteiger partial charge in [-0.05, 0) is 20.3 Å². The lowest BCUT2D eigenvalue weighted by Crippen LogP contribution is -2.41. The summed E-state index contributed by atoms with van der Waals surface area (Å²) in [5.41, 5.74) is -0.921. The second-order valence-electron chi connectivity index (χ2n) is 3.96. The minimum atomic E-state index is -0.921. The quantitative estimate of drug-likeness (QED) is 0.681. The summed E-state index contributed by atoms with van der Waals surface area (Å²) >= 11 is 0. The van der Waals surface area contributed by atoms with E-state index in [0.717, 1.165) is 19.3 Å². The van der Waals surface area contributed by atoms with Gasteiger partial charge in [0.1, 0.15) is 0 Å². The molecule has 0 saturated carbocycles. The SMILES string of the molecule is CCCCC(C(=O)NC)C(C)(C)O. The van der Waals surface area contributed by atoms with Crippen LogP contribution in [0.2, 0.25) is 0 Å². The van der Waals surface area contributed by atoms with E-state index in [0.29, 0.717) is 0 Å². The second kappa shape index (κ2) is 5.22. The van der Waals surface area contributed by atoms with Crippen molar-refractivity contribution < 1.29 is 9.90 Å². The molecule has 0 aromatic carbocycles. The predicted octanol–water partition coefficient (Wildman–Crippen LogP) is 1.31. The number of unbranched alkanes of at least 4 members (excludes halogenated alkanes) is 1. The Morgan fingerprint density at radius 1 is 1.54 bits per heavy atom. The Bertz CT molecular complexity index is 161. The summed E-state index contributed by atoms with van der Waals surface area (Å²) in [6, 6.07) is 0. The number of hydrogen-bond donors (Lipinski definition) is 2. The third-order valence-corrected chi connectivity index (χ3v) is 2.26. The largest absolute Gasteiger partial charge is 0.390 e. The van der Waals surface area contributed by atoms with Crippen molar-refractivity contribution in [1.29, 1.82) is 0 Å². The number of amides is 1. The van der Waals surface area contributed by atoms with Gasteiger partial charge in [-0.25, -0.2) is 0 Å². The summed E-state index contributed by atoms with van der Waals surface area (Å²) in [5.74, 6) is -0.363. The van der Waals surface area contributed by atoms with E-state index in [2.05, 4.69) is 12.2 Å². The van der Waals surface area contributed by atoms with Gasteiger partial charge in [-0.1, -0.05) is 19.8 Å². The highest BCUT2D eigenvalue weighted by Gasteiger charge is 2.31. The monoisotopic (exact) mass is 187 g/mol. The summed E-state index contributed by atoms with van der Waals surface area (Å²) in [4.78, 5) is 11.4. The molecule has 0 bridgehead atoms. The van der Waals surface area contributed by atoms with Crippen LogP contribution in [0.15, 0.2) is 0 Å². The van der Waals surface area contributed by atoms with E-state index in [4.69, 9.17) is 0 Å². The molecule has 2 N–H and O–H groups in total. The Balaban J connectivity index is 4.28. The Labute approximate surface area is 80.5 Å². The Morgan fingerprint density at radius 3 is 2.38 bits per heavy atom. The number of carbonyl (C=O) groups is 1. The molecule has 0 heterocycles. The van der Waals surface area contributed by atoms with Gasteiger partial charge >= 0.3 is 0 Å². The maximum Gasteiger partial charge on any atom is 0.225 e. The van der Waals surface area contributed by atoms with Gasteiger partial charge < -0.3 is 10.4 Å². The minimum Gasteiger partial charge on any atom is -0.390 e. The number of carbonyl (C=O) groups excluding carboxylic acids is 1. The molecular formula is C10H21NO2. The van der Waals surface area contributed by atoms with Crippen LogP contribution < -0.4 is 5.32 Å². The average molecular weight is 187 g/mol. The fraction of sp³-hybridized carbons (Fsp3) is 0.900. The Hall–Kier alpha value is -0.570. The van der Waals surface area contributed by atoms with E-state index >= 15 is 0 Å². The highest BCUT2D eigenvalue weighted by molar-refractivity contribution is 5.79. The Kier molecular flexibility index (Phi) is 4.99. The van der Waals surface area contributed by atoms with Crippen molar-refractivity contribution in [2.45, 2.75) is 45.6 Å². The van der Waals surface area contributed by atoms with Crippen LogP contribution in [-0.4, -0.2) is 23.7 Å². The van der Waals surface area contributed by atoms with Crippen LogP contribution in [-0.2, 0) is 4.79 Å². The van der Waals surface area contributed by atoms with Crippen LogP contribution in [0.5, 0.6) is 0 Å². The molecular weight excluding hydrogens is 166 g/mol. The van der Waals surface area contributed by atoms with Crippen LogP contribution >= 0.6 is 0 Å². The molecule has 0 rings (SSSR count). The van der Waals surface area contributed by atoms with Gasteiger partial charge in [0, 0.05) is 7.05 Å². The van der Waals surface area contributed by atoms with E-state index in [-0.39, 0.29) is 11.8 Å². The van der Waals surface area contributed by atoms with Gasteiger partial charge in [-0.15, -0.1) is 0 Å². The van der Waals surface area contributed by atoms with Crippen molar-refractivity contribution >= 4 is 5.91 Å². The minimum absolute atomic E-state index is 0.0686. The Morgan fingerprint density at radius 2 is 2.08 bits per heavy atom. The van der Waals surface area contributed by atoms with Gasteiger partial charge in [0.15, 0.2) is 0 Å². The summed E-state index contributed by atoms with van der Waals surface area (Å²) in [5, 5.41) is 12.3. The molecule has 1 unspecified atom stereocenters. The number of hydrogen-bond acceptors (Lipinski definition) is 2. The lowest BCUT2D eigenvalue weighted by Gasteiger charge is -2.27. The molecule has 1 atom stereocenters. The van der Waals surface area contributed by atoms with E-state index in [9.17, 15) is 9.90 Å². The first-order valence-corrected chi connectivity index (χ1v) is 4.87. The van der Waals surface area contributed by atoms with Gasteiger partial charge in [-0.3, -0.25) is 4.79 Å². The first-order valence-electron chi connectivity index (χ1n) is 4.87. The third kappa shape index (κ3) is 4.27. The van der Waals surface area contributed by atoms with Crippen molar-refractivity contribution in [3.05, 3.63) is 0 Å². The topological polar surface area (TPSA) is 49.3 Å². The van der Waals surface area contributed by atoms with E-state index < -0.39 is 5.60 Å². The van der Waals surface area contributed by atoms with E-state index in [1.807, 2.05) is 0 Å². The molecule has 0 spiro atoms. The number of nitrogens with one attached hydrogen (secondary N) is 1. The van der Waals surface area contributed by atoms with Crippen molar-refractivity contribution in [2.24, 2.45) is 5.92 Å². The summed E-state index contributed by atoms with van der Waals surface area (Å²) < 4.78 is 0. The van der Waals surface area contributed by atoms with Crippen molar-refractivity contribution in [1.82, 2.24) is 5.32 Å². The van der Waals surface area contributed by atoms with Crippen LogP contribution in [0.4, 0.5) is 0 Å². The van der Waals surface area contributed by atoms with Gasteiger partial charge in [-0.2, -0.15) is 0 Å². The zero-order chi connectivity index (χ0) is 10.5. The molecule has 0 aromatic heterocycles. The molecule has 0 aliphatic rings. The highest BCUT2D eigenvalue weighted by atomic mass is 16.3. The molecule has 0 aromatic rings. The van der Waals surface area contributed by atoms with Crippen molar-refractivity contribution in [3.63, 3.8) is 0 Å². The zero-order valence-corrected chi connectivity index (χ0v) is 9.05. The fourth-order valence-corrected chi connectivity index (χ4v) is 1.39. The molecule has 0 aliphatic heterocycles. The molecule has 0 saturated heterocycles. The van der Waals surface area contributed by atoms with Crippen LogP contribution in [0.3, 0.4) is 0 Å². The maximum absolute atomic E-state index is 11.4. The molecule has 0 radical (unpaired) electrons. The summed E-state index contributed by atoms with van der Waals surface area (Å²) in [6.45, 7) is 5.44. The molecule has 0 fully saturated rings. The lowest BCUT2D eigenvalue weighted by atomic mass is 9.86. The number of rotatable bonds is 5. The smallest absolute Gasteiger partial charge is 0.225 e. The predicted molar refractivity (Wildman–Crippen MR) is 53.4 cm³/mol. The van der Waals surface area contributed by atoms with Crippen molar-refractivity contribution in [3.8, 4) is 0 Å². The lowest BCUT2D eigenvalue weighted by molar-refractivity contribution is -0.132. The first kappa shape index (κ1) is 12.4. The molecule has 3 heteroatoms. The van der Waals surface area contributed by atoms with Crippen LogP contribution in [0.1, 0.15) is 40.0 Å². The standard InChI is InChI=1S/C10H21NO2/c1-5-6-7-8(9(12)11-4)10(2,3)13/h8,13H,5-7H2,1-4H3,(H,11,12). The number of aliphatic hydroxyl groups is 1. The molecule has 3 nitrogen and oxygen atoms in total. The second-order valence-corrected chi connectivity index (χ2v) is 3.96. The highest BCUT2D eigenvalue weighted by Crippen LogP contribution is 2.22. The van der Waals surface area contributed by atoms with E-state index in [1.165, 1.54) is 0 Å². The molecule has 1 amide bonds. The summed E-state index contributed by atoms with van der Waals surface area (Å²) in [6.07, 6.45) is 2.77. The van der Waals surface area contributed by atoms with Gasteiger partial charge in [0.2, 0.25) is 5.91 Å². The normalized spacial score (nSPS) is 13.9. The van der Waals surface area contributed by atoms with Gasteiger partial charge in [0.05, 0.1) is 11.5 Å². The molecule has 13 heavy (non-hydrogen) atoms. The molecule has 78 valence electrons. The maximum atomic E-state index is 11.4. The van der Waals surface area contributed by atoms with Crippen LogP contribution in [0.25, 0.3) is 0 Å². The summed E-state index contributed by atoms with van der Waals surface area (Å²) in [7, 11) is 1.60.